The largest absolute Gasteiger partial charge is 0.465 e. The zero-order valence-corrected chi connectivity index (χ0v) is 24.7. The lowest BCUT2D eigenvalue weighted by atomic mass is 9.79. The SMILES string of the molecule is COC(=O)c1ccc2c(c1)[nH]c1nc(CC3=CC(C4(C(F)(F)F)NN4C)C(C)C=C3)nc(NCCCN3CCCCC3)c12. The zero-order chi connectivity index (χ0) is 30.4. The lowest BCUT2D eigenvalue weighted by molar-refractivity contribution is -0.183. The second kappa shape index (κ2) is 11.5. The highest BCUT2D eigenvalue weighted by Gasteiger charge is 2.72. The van der Waals surface area contributed by atoms with Gasteiger partial charge in [0.15, 0.2) is 0 Å². The minimum atomic E-state index is -4.43. The van der Waals surface area contributed by atoms with Crippen molar-refractivity contribution in [3.8, 4) is 0 Å². The van der Waals surface area contributed by atoms with Crippen LogP contribution in [0.15, 0.2) is 42.0 Å². The Morgan fingerprint density at radius 1 is 1.21 bits per heavy atom. The minimum Gasteiger partial charge on any atom is -0.465 e. The van der Waals surface area contributed by atoms with Gasteiger partial charge in [0, 0.05) is 36.8 Å². The van der Waals surface area contributed by atoms with Crippen molar-refractivity contribution < 1.29 is 22.7 Å². The van der Waals surface area contributed by atoms with Crippen molar-refractivity contribution >= 4 is 33.7 Å². The maximum absolute atomic E-state index is 14.1. The van der Waals surface area contributed by atoms with Gasteiger partial charge in [-0.2, -0.15) is 13.2 Å². The fourth-order valence-electron chi connectivity index (χ4n) is 6.60. The molecule has 3 aromatic rings. The van der Waals surface area contributed by atoms with Gasteiger partial charge in [-0.05, 0) is 62.5 Å². The second-order valence-corrected chi connectivity index (χ2v) is 11.9. The summed E-state index contributed by atoms with van der Waals surface area (Å²) in [5, 5.41) is 6.34. The predicted octanol–water partition coefficient (Wildman–Crippen LogP) is 5.19. The molecule has 0 bridgehead atoms. The van der Waals surface area contributed by atoms with Crippen molar-refractivity contribution in [1.29, 1.82) is 0 Å². The molecular formula is C31H38F3N7O2. The van der Waals surface area contributed by atoms with Gasteiger partial charge in [-0.15, -0.1) is 0 Å². The van der Waals surface area contributed by atoms with Crippen LogP contribution in [-0.2, 0) is 11.2 Å². The van der Waals surface area contributed by atoms with Crippen LogP contribution in [0.2, 0.25) is 0 Å². The van der Waals surface area contributed by atoms with Gasteiger partial charge >= 0.3 is 12.1 Å². The number of hydrogen-bond donors (Lipinski definition) is 3. The summed E-state index contributed by atoms with van der Waals surface area (Å²) in [6.07, 6.45) is 5.99. The molecule has 3 aliphatic rings. The Labute approximate surface area is 248 Å². The molecule has 0 saturated carbocycles. The quantitative estimate of drug-likeness (QED) is 0.176. The number of hydrogen-bond acceptors (Lipinski definition) is 8. The lowest BCUT2D eigenvalue weighted by Crippen LogP contribution is -2.46. The van der Waals surface area contributed by atoms with E-state index in [1.165, 1.54) is 33.4 Å². The number of anilines is 1. The predicted molar refractivity (Wildman–Crippen MR) is 159 cm³/mol. The van der Waals surface area contributed by atoms with Crippen LogP contribution in [0.1, 0.15) is 48.8 Å². The highest BCUT2D eigenvalue weighted by molar-refractivity contribution is 6.12. The summed E-state index contributed by atoms with van der Waals surface area (Å²) in [5.74, 6) is -0.375. The number of likely N-dealkylation sites (tertiary alicyclic amines) is 1. The second-order valence-electron chi connectivity index (χ2n) is 11.9. The number of hydrazine groups is 1. The molecule has 4 heterocycles. The summed E-state index contributed by atoms with van der Waals surface area (Å²) < 4.78 is 47.3. The topological polar surface area (TPSA) is 108 Å². The Hall–Kier alpha value is -3.48. The highest BCUT2D eigenvalue weighted by Crippen LogP contribution is 2.50. The minimum absolute atomic E-state index is 0.276. The van der Waals surface area contributed by atoms with Crippen LogP contribution in [-0.4, -0.2) is 83.0 Å². The van der Waals surface area contributed by atoms with Gasteiger partial charge in [0.05, 0.1) is 18.1 Å². The maximum Gasteiger partial charge on any atom is 0.423 e. The number of methoxy groups -OCH3 is 1. The third-order valence-electron chi connectivity index (χ3n) is 8.98. The molecule has 3 N–H and O–H groups in total. The Morgan fingerprint density at radius 2 is 1.98 bits per heavy atom. The van der Waals surface area contributed by atoms with Crippen LogP contribution in [0.4, 0.5) is 19.0 Å². The molecule has 0 radical (unpaired) electrons. The molecule has 0 spiro atoms. The van der Waals surface area contributed by atoms with Gasteiger partial charge < -0.3 is 19.9 Å². The monoisotopic (exact) mass is 597 g/mol. The number of ether oxygens (including phenoxy) is 1. The van der Waals surface area contributed by atoms with Crippen molar-refractivity contribution in [2.24, 2.45) is 11.8 Å². The summed E-state index contributed by atoms with van der Waals surface area (Å²) in [7, 11) is 2.77. The van der Waals surface area contributed by atoms with Gasteiger partial charge in [0.2, 0.25) is 5.66 Å². The van der Waals surface area contributed by atoms with Gasteiger partial charge in [0.1, 0.15) is 17.3 Å². The number of carbonyl (C=O) groups is 1. The number of alkyl halides is 3. The van der Waals surface area contributed by atoms with Crippen molar-refractivity contribution in [2.45, 2.75) is 50.9 Å². The van der Waals surface area contributed by atoms with Crippen molar-refractivity contribution in [3.05, 3.63) is 53.4 Å². The molecule has 2 fully saturated rings. The number of esters is 1. The van der Waals surface area contributed by atoms with Gasteiger partial charge in [-0.25, -0.2) is 25.2 Å². The number of aromatic amines is 1. The van der Waals surface area contributed by atoms with E-state index in [-0.39, 0.29) is 12.3 Å². The summed E-state index contributed by atoms with van der Waals surface area (Å²) in [6.45, 7) is 5.79. The standard InChI is InChI=1S/C31H38F3N7O2/c1-19-8-9-20(16-23(19)30(31(32,33)34)39-40(30)2)17-25-37-27(35-12-7-15-41-13-5-4-6-14-41)26-22-11-10-21(29(42)43-3)18-24(22)36-28(26)38-25/h8-11,16,18-19,23,39H,4-7,12-15,17H2,1-3H3,(H2,35,36,37,38). The van der Waals surface area contributed by atoms with Crippen LogP contribution in [0, 0.1) is 11.8 Å². The molecule has 12 heteroatoms. The van der Waals surface area contributed by atoms with Gasteiger partial charge in [0.25, 0.3) is 0 Å². The molecular weight excluding hydrogens is 559 g/mol. The first-order valence-electron chi connectivity index (χ1n) is 14.9. The third kappa shape index (κ3) is 5.63. The van der Waals surface area contributed by atoms with Crippen LogP contribution in [0.25, 0.3) is 21.9 Å². The number of benzene rings is 1. The van der Waals surface area contributed by atoms with Gasteiger partial charge in [-0.3, -0.25) is 0 Å². The van der Waals surface area contributed by atoms with E-state index in [0.717, 1.165) is 52.9 Å². The Bertz CT molecular complexity index is 1580. The van der Waals surface area contributed by atoms with E-state index in [0.29, 0.717) is 29.4 Å². The smallest absolute Gasteiger partial charge is 0.423 e. The molecule has 4 unspecified atom stereocenters. The number of carbonyl (C=O) groups excluding carboxylic acids is 1. The number of H-pyrrole nitrogens is 1. The van der Waals surface area contributed by atoms with Crippen molar-refractivity contribution in [3.63, 3.8) is 0 Å². The van der Waals surface area contributed by atoms with E-state index < -0.39 is 23.7 Å². The lowest BCUT2D eigenvalue weighted by Gasteiger charge is -2.31. The molecule has 4 atom stereocenters. The van der Waals surface area contributed by atoms with Crippen LogP contribution >= 0.6 is 0 Å². The molecule has 1 aliphatic carbocycles. The summed E-state index contributed by atoms with van der Waals surface area (Å²) in [5.41, 5.74) is 2.92. The number of nitrogens with zero attached hydrogens (tertiary/aromatic N) is 4. The molecule has 9 nitrogen and oxygen atoms in total. The van der Waals surface area contributed by atoms with Crippen LogP contribution in [0.3, 0.4) is 0 Å². The first-order valence-corrected chi connectivity index (χ1v) is 14.9. The first kappa shape index (κ1) is 29.6. The first-order chi connectivity index (χ1) is 20.6. The molecule has 1 aromatic carbocycles. The number of halogens is 3. The third-order valence-corrected chi connectivity index (χ3v) is 8.98. The molecule has 2 saturated heterocycles. The number of piperidine rings is 1. The van der Waals surface area contributed by atoms with Crippen molar-refractivity contribution in [1.82, 2.24) is 30.3 Å². The maximum atomic E-state index is 14.1. The van der Waals surface area contributed by atoms with E-state index in [9.17, 15) is 18.0 Å². The molecule has 43 heavy (non-hydrogen) atoms. The van der Waals surface area contributed by atoms with E-state index in [1.807, 2.05) is 18.2 Å². The van der Waals surface area contributed by atoms with E-state index >= 15 is 0 Å². The average molecular weight is 598 g/mol. The summed E-state index contributed by atoms with van der Waals surface area (Å²) >= 11 is 0. The summed E-state index contributed by atoms with van der Waals surface area (Å²) in [6, 6.07) is 5.31. The van der Waals surface area contributed by atoms with E-state index in [1.54, 1.807) is 25.1 Å². The van der Waals surface area contributed by atoms with Crippen LogP contribution in [0.5, 0.6) is 0 Å². The number of rotatable bonds is 9. The highest BCUT2D eigenvalue weighted by atomic mass is 19.4. The Kier molecular flexibility index (Phi) is 7.95. The number of allylic oxidation sites excluding steroid dienone is 3. The Morgan fingerprint density at radius 3 is 2.67 bits per heavy atom. The zero-order valence-electron chi connectivity index (χ0n) is 24.7. The molecule has 2 aromatic heterocycles. The Balaban J connectivity index is 1.31. The van der Waals surface area contributed by atoms with E-state index in [4.69, 9.17) is 14.7 Å². The number of nitrogens with one attached hydrogen (secondary N) is 3. The van der Waals surface area contributed by atoms with Crippen LogP contribution < -0.4 is 10.7 Å². The number of aromatic nitrogens is 3. The molecule has 0 amide bonds. The fraction of sp³-hybridized carbons (Fsp3) is 0.516. The average Bonchev–Trinajstić information content (AvgIpc) is 3.55. The van der Waals surface area contributed by atoms with Gasteiger partial charge in [-0.1, -0.05) is 37.6 Å². The molecule has 6 rings (SSSR count). The normalized spacial score (nSPS) is 26.1. The fourth-order valence-corrected chi connectivity index (χ4v) is 6.60. The van der Waals surface area contributed by atoms with E-state index in [2.05, 4.69) is 20.6 Å². The van der Waals surface area contributed by atoms with Crippen molar-refractivity contribution in [2.75, 3.05) is 45.7 Å². The molecule has 230 valence electrons. The number of fused-ring (bicyclic) bond motifs is 3. The molecule has 2 aliphatic heterocycles. The summed E-state index contributed by atoms with van der Waals surface area (Å²) in [4.78, 5) is 27.7.